The first-order chi connectivity index (χ1) is 8.77. The number of nitrogens with one attached hydrogen (secondary N) is 1. The van der Waals surface area contributed by atoms with Gasteiger partial charge in [0.15, 0.2) is 9.84 Å². The van der Waals surface area contributed by atoms with Crippen LogP contribution in [0.15, 0.2) is 0 Å². The van der Waals surface area contributed by atoms with Crippen molar-refractivity contribution in [2.24, 2.45) is 0 Å². The molecular formula is C12H20N2O4S. The third-order valence-corrected chi connectivity index (χ3v) is 5.85. The number of amides is 2. The van der Waals surface area contributed by atoms with Crippen LogP contribution in [0.2, 0.25) is 0 Å². The van der Waals surface area contributed by atoms with E-state index in [1.807, 2.05) is 6.92 Å². The topological polar surface area (TPSA) is 83.6 Å². The minimum atomic E-state index is -3.09. The van der Waals surface area contributed by atoms with Crippen LogP contribution in [0.25, 0.3) is 0 Å². The second kappa shape index (κ2) is 4.77. The van der Waals surface area contributed by atoms with E-state index in [1.165, 1.54) is 4.90 Å². The van der Waals surface area contributed by atoms with Gasteiger partial charge in [0, 0.05) is 6.04 Å². The Hall–Kier alpha value is -1.11. The van der Waals surface area contributed by atoms with Crippen molar-refractivity contribution in [2.45, 2.75) is 44.7 Å². The van der Waals surface area contributed by atoms with Crippen molar-refractivity contribution in [1.29, 1.82) is 0 Å². The van der Waals surface area contributed by atoms with Gasteiger partial charge in [0.25, 0.3) is 0 Å². The summed E-state index contributed by atoms with van der Waals surface area (Å²) in [5.41, 5.74) is -0.906. The first kappa shape index (κ1) is 14.3. The summed E-state index contributed by atoms with van der Waals surface area (Å²) in [6, 6.07) is -0.358. The van der Waals surface area contributed by atoms with Crippen LogP contribution in [0.5, 0.6) is 0 Å². The van der Waals surface area contributed by atoms with Crippen LogP contribution in [0.3, 0.4) is 0 Å². The number of carbonyl (C=O) groups is 2. The Morgan fingerprint density at radius 1 is 1.42 bits per heavy atom. The van der Waals surface area contributed by atoms with Gasteiger partial charge in [-0.3, -0.25) is 9.59 Å². The zero-order chi connectivity index (χ0) is 14.3. The number of hydrogen-bond donors (Lipinski definition) is 1. The SMILES string of the molecule is CCC1(C)NC(=O)CN(C2CCCS(=O)(=O)C2)C1=O. The van der Waals surface area contributed by atoms with Gasteiger partial charge >= 0.3 is 0 Å². The van der Waals surface area contributed by atoms with Gasteiger partial charge in [-0.15, -0.1) is 0 Å². The molecule has 2 saturated heterocycles. The molecule has 0 aliphatic carbocycles. The fraction of sp³-hybridized carbons (Fsp3) is 0.833. The molecule has 7 heteroatoms. The molecule has 2 amide bonds. The number of hydrogen-bond acceptors (Lipinski definition) is 4. The van der Waals surface area contributed by atoms with Crippen molar-refractivity contribution in [3.8, 4) is 0 Å². The zero-order valence-electron chi connectivity index (χ0n) is 11.3. The summed E-state index contributed by atoms with van der Waals surface area (Å²) in [6.45, 7) is 3.49. The minimum Gasteiger partial charge on any atom is -0.340 e. The summed E-state index contributed by atoms with van der Waals surface area (Å²) in [5.74, 6) is -0.224. The highest BCUT2D eigenvalue weighted by Crippen LogP contribution is 2.24. The van der Waals surface area contributed by atoms with E-state index in [1.54, 1.807) is 6.92 Å². The van der Waals surface area contributed by atoms with Crippen LogP contribution in [0, 0.1) is 0 Å². The fourth-order valence-corrected chi connectivity index (χ4v) is 4.43. The average Bonchev–Trinajstić information content (AvgIpc) is 2.32. The van der Waals surface area contributed by atoms with Gasteiger partial charge in [-0.25, -0.2) is 8.42 Å². The summed E-state index contributed by atoms with van der Waals surface area (Å²) in [4.78, 5) is 25.7. The molecule has 2 aliphatic heterocycles. The highest BCUT2D eigenvalue weighted by atomic mass is 32.2. The quantitative estimate of drug-likeness (QED) is 0.755. The van der Waals surface area contributed by atoms with E-state index < -0.39 is 15.4 Å². The smallest absolute Gasteiger partial charge is 0.248 e. The van der Waals surface area contributed by atoms with E-state index in [-0.39, 0.29) is 35.9 Å². The number of nitrogens with zero attached hydrogens (tertiary/aromatic N) is 1. The molecular weight excluding hydrogens is 268 g/mol. The van der Waals surface area contributed by atoms with Crippen molar-refractivity contribution < 1.29 is 18.0 Å². The molecule has 2 atom stereocenters. The molecule has 2 rings (SSSR count). The van der Waals surface area contributed by atoms with Crippen molar-refractivity contribution in [2.75, 3.05) is 18.1 Å². The summed E-state index contributed by atoms with van der Waals surface area (Å²) < 4.78 is 23.4. The van der Waals surface area contributed by atoms with Crippen LogP contribution in [-0.4, -0.2) is 54.8 Å². The summed E-state index contributed by atoms with van der Waals surface area (Å²) in [7, 11) is -3.09. The van der Waals surface area contributed by atoms with Gasteiger partial charge < -0.3 is 10.2 Å². The Morgan fingerprint density at radius 3 is 2.68 bits per heavy atom. The summed E-state index contributed by atoms with van der Waals surface area (Å²) in [5, 5.41) is 2.70. The van der Waals surface area contributed by atoms with E-state index in [9.17, 15) is 18.0 Å². The van der Waals surface area contributed by atoms with Crippen LogP contribution < -0.4 is 5.32 Å². The third kappa shape index (κ3) is 2.75. The zero-order valence-corrected chi connectivity index (χ0v) is 12.1. The van der Waals surface area contributed by atoms with Crippen LogP contribution >= 0.6 is 0 Å². The highest BCUT2D eigenvalue weighted by molar-refractivity contribution is 7.91. The van der Waals surface area contributed by atoms with E-state index in [4.69, 9.17) is 0 Å². The highest BCUT2D eigenvalue weighted by Gasteiger charge is 2.45. The molecule has 108 valence electrons. The van der Waals surface area contributed by atoms with Gasteiger partial charge in [0.1, 0.15) is 5.54 Å². The summed E-state index contributed by atoms with van der Waals surface area (Å²) in [6.07, 6.45) is 1.70. The molecule has 2 heterocycles. The second-order valence-corrected chi connectivity index (χ2v) is 7.81. The molecule has 0 radical (unpaired) electrons. The molecule has 0 aromatic heterocycles. The number of sulfone groups is 1. The first-order valence-corrected chi connectivity index (χ1v) is 8.42. The third-order valence-electron chi connectivity index (χ3n) is 4.05. The van der Waals surface area contributed by atoms with Crippen molar-refractivity contribution in [3.63, 3.8) is 0 Å². The number of piperazine rings is 1. The van der Waals surface area contributed by atoms with Gasteiger partial charge in [0.2, 0.25) is 11.8 Å². The normalized spacial score (nSPS) is 35.1. The number of carbonyl (C=O) groups excluding carboxylic acids is 2. The Bertz CT molecular complexity index is 502. The molecule has 0 bridgehead atoms. The lowest BCUT2D eigenvalue weighted by atomic mass is 9.93. The predicted molar refractivity (Wildman–Crippen MR) is 70.2 cm³/mol. The lowest BCUT2D eigenvalue weighted by Crippen LogP contribution is -2.67. The lowest BCUT2D eigenvalue weighted by molar-refractivity contribution is -0.151. The van der Waals surface area contributed by atoms with Crippen LogP contribution in [0.1, 0.15) is 33.1 Å². The van der Waals surface area contributed by atoms with Crippen molar-refractivity contribution in [1.82, 2.24) is 10.2 Å². The Labute approximate surface area is 113 Å². The maximum absolute atomic E-state index is 12.5. The Morgan fingerprint density at radius 2 is 2.11 bits per heavy atom. The maximum Gasteiger partial charge on any atom is 0.248 e. The molecule has 2 unspecified atom stereocenters. The Kier molecular flexibility index (Phi) is 3.59. The molecule has 2 aliphatic rings. The van der Waals surface area contributed by atoms with E-state index >= 15 is 0 Å². The molecule has 0 spiro atoms. The fourth-order valence-electron chi connectivity index (χ4n) is 2.72. The maximum atomic E-state index is 12.5. The Balaban J connectivity index is 2.23. The molecule has 0 aromatic rings. The van der Waals surface area contributed by atoms with E-state index in [0.717, 1.165) is 0 Å². The molecule has 1 N–H and O–H groups in total. The second-order valence-electron chi connectivity index (χ2n) is 5.58. The average molecular weight is 288 g/mol. The van der Waals surface area contributed by atoms with Gasteiger partial charge in [0.05, 0.1) is 18.1 Å². The lowest BCUT2D eigenvalue weighted by Gasteiger charge is -2.43. The molecule has 0 aromatic carbocycles. The monoisotopic (exact) mass is 288 g/mol. The van der Waals surface area contributed by atoms with Gasteiger partial charge in [-0.05, 0) is 26.2 Å². The van der Waals surface area contributed by atoms with Gasteiger partial charge in [-0.2, -0.15) is 0 Å². The standard InChI is InChI=1S/C12H20N2O4S/c1-3-12(2)11(16)14(7-10(15)13-12)9-5-4-6-19(17,18)8-9/h9H,3-8H2,1-2H3,(H,13,15). The molecule has 2 fully saturated rings. The molecule has 6 nitrogen and oxygen atoms in total. The molecule has 19 heavy (non-hydrogen) atoms. The largest absolute Gasteiger partial charge is 0.340 e. The van der Waals surface area contributed by atoms with Crippen molar-refractivity contribution >= 4 is 21.7 Å². The van der Waals surface area contributed by atoms with Crippen LogP contribution in [-0.2, 0) is 19.4 Å². The summed E-state index contributed by atoms with van der Waals surface area (Å²) >= 11 is 0. The van der Waals surface area contributed by atoms with Crippen molar-refractivity contribution in [3.05, 3.63) is 0 Å². The van der Waals surface area contributed by atoms with Gasteiger partial charge in [-0.1, -0.05) is 6.92 Å². The first-order valence-electron chi connectivity index (χ1n) is 6.60. The predicted octanol–water partition coefficient (Wildman–Crippen LogP) is -0.309. The molecule has 0 saturated carbocycles. The number of rotatable bonds is 2. The van der Waals surface area contributed by atoms with E-state index in [0.29, 0.717) is 19.3 Å². The van der Waals surface area contributed by atoms with E-state index in [2.05, 4.69) is 5.32 Å². The van der Waals surface area contributed by atoms with Crippen LogP contribution in [0.4, 0.5) is 0 Å². The minimum absolute atomic E-state index is 0.0220.